The van der Waals surface area contributed by atoms with Gasteiger partial charge in [0, 0.05) is 23.9 Å². The van der Waals surface area contributed by atoms with Gasteiger partial charge in [-0.2, -0.15) is 10.2 Å². The van der Waals surface area contributed by atoms with Crippen molar-refractivity contribution in [2.75, 3.05) is 10.6 Å². The number of halogens is 1. The first-order valence-corrected chi connectivity index (χ1v) is 7.75. The van der Waals surface area contributed by atoms with Crippen LogP contribution in [0, 0.1) is 24.1 Å². The predicted octanol–water partition coefficient (Wildman–Crippen LogP) is 4.15. The molecule has 124 valence electrons. The molecule has 0 spiro atoms. The van der Waals surface area contributed by atoms with E-state index in [0.29, 0.717) is 28.6 Å². The highest BCUT2D eigenvalue weighted by molar-refractivity contribution is 5.65. The van der Waals surface area contributed by atoms with Gasteiger partial charge in [0.05, 0.1) is 11.3 Å². The fourth-order valence-corrected chi connectivity index (χ4v) is 2.36. The Labute approximate surface area is 145 Å². The highest BCUT2D eigenvalue weighted by Crippen LogP contribution is 2.20. The summed E-state index contributed by atoms with van der Waals surface area (Å²) in [5.41, 5.74) is 2.49. The molecule has 1 heterocycles. The summed E-state index contributed by atoms with van der Waals surface area (Å²) in [7, 11) is 0. The van der Waals surface area contributed by atoms with Gasteiger partial charge in [0.15, 0.2) is 0 Å². The molecule has 5 nitrogen and oxygen atoms in total. The second-order valence-corrected chi connectivity index (χ2v) is 5.45. The van der Waals surface area contributed by atoms with Gasteiger partial charge in [0.2, 0.25) is 5.95 Å². The zero-order chi connectivity index (χ0) is 17.6. The largest absolute Gasteiger partial charge is 0.350 e. The average molecular weight is 333 g/mol. The first kappa shape index (κ1) is 16.4. The molecule has 0 saturated heterocycles. The van der Waals surface area contributed by atoms with Crippen LogP contribution >= 0.6 is 0 Å². The van der Waals surface area contributed by atoms with E-state index >= 15 is 0 Å². The van der Waals surface area contributed by atoms with Crippen LogP contribution in [0.25, 0.3) is 0 Å². The third-order valence-electron chi connectivity index (χ3n) is 3.56. The van der Waals surface area contributed by atoms with E-state index in [1.807, 2.05) is 19.1 Å². The van der Waals surface area contributed by atoms with Gasteiger partial charge in [0.25, 0.3) is 0 Å². The monoisotopic (exact) mass is 333 g/mol. The number of benzene rings is 2. The Morgan fingerprint density at radius 1 is 1.08 bits per heavy atom. The fraction of sp³-hybridized carbons (Fsp3) is 0.105. The van der Waals surface area contributed by atoms with Crippen molar-refractivity contribution in [1.29, 1.82) is 5.26 Å². The molecular weight excluding hydrogens is 317 g/mol. The van der Waals surface area contributed by atoms with Crippen molar-refractivity contribution >= 4 is 17.5 Å². The number of nitrogens with zero attached hydrogens (tertiary/aromatic N) is 3. The Balaban J connectivity index is 1.79. The van der Waals surface area contributed by atoms with E-state index in [4.69, 9.17) is 0 Å². The summed E-state index contributed by atoms with van der Waals surface area (Å²) < 4.78 is 13.7. The summed E-state index contributed by atoms with van der Waals surface area (Å²) in [6.07, 6.45) is 0. The lowest BCUT2D eigenvalue weighted by Gasteiger charge is -2.11. The van der Waals surface area contributed by atoms with E-state index in [2.05, 4.69) is 26.7 Å². The third kappa shape index (κ3) is 4.09. The number of para-hydroxylation sites is 1. The molecule has 0 aliphatic rings. The number of anilines is 3. The number of hydrogen-bond donors (Lipinski definition) is 2. The highest BCUT2D eigenvalue weighted by Gasteiger charge is 2.07. The first-order chi connectivity index (χ1) is 12.2. The van der Waals surface area contributed by atoms with E-state index < -0.39 is 0 Å². The smallest absolute Gasteiger partial charge is 0.225 e. The predicted molar refractivity (Wildman–Crippen MR) is 94.9 cm³/mol. The van der Waals surface area contributed by atoms with Crippen molar-refractivity contribution in [3.05, 3.63) is 77.2 Å². The topological polar surface area (TPSA) is 73.6 Å². The maximum atomic E-state index is 13.7. The van der Waals surface area contributed by atoms with Crippen LogP contribution in [0.3, 0.4) is 0 Å². The number of aromatic nitrogens is 2. The van der Waals surface area contributed by atoms with Crippen molar-refractivity contribution in [3.63, 3.8) is 0 Å². The van der Waals surface area contributed by atoms with Crippen LogP contribution in [-0.4, -0.2) is 9.97 Å². The minimum absolute atomic E-state index is 0.274. The van der Waals surface area contributed by atoms with E-state index in [0.717, 1.165) is 5.69 Å². The molecule has 2 N–H and O–H groups in total. The number of aryl methyl sites for hydroxylation is 1. The maximum Gasteiger partial charge on any atom is 0.225 e. The summed E-state index contributed by atoms with van der Waals surface area (Å²) in [5, 5.41) is 15.3. The molecule has 25 heavy (non-hydrogen) atoms. The summed E-state index contributed by atoms with van der Waals surface area (Å²) in [5.74, 6) is 0.676. The lowest BCUT2D eigenvalue weighted by Crippen LogP contribution is -2.07. The number of nitrogens with one attached hydrogen (secondary N) is 2. The van der Waals surface area contributed by atoms with Crippen LogP contribution in [0.4, 0.5) is 21.8 Å². The second-order valence-electron chi connectivity index (χ2n) is 5.45. The zero-order valence-corrected chi connectivity index (χ0v) is 13.6. The summed E-state index contributed by atoms with van der Waals surface area (Å²) in [4.78, 5) is 8.70. The van der Waals surface area contributed by atoms with E-state index in [9.17, 15) is 9.65 Å². The Morgan fingerprint density at radius 2 is 1.84 bits per heavy atom. The number of hydrogen-bond acceptors (Lipinski definition) is 5. The number of nitriles is 1. The minimum atomic E-state index is -0.274. The summed E-state index contributed by atoms with van der Waals surface area (Å²) in [6.45, 7) is 2.13. The van der Waals surface area contributed by atoms with Crippen molar-refractivity contribution < 1.29 is 4.39 Å². The van der Waals surface area contributed by atoms with Crippen molar-refractivity contribution in [3.8, 4) is 6.07 Å². The van der Waals surface area contributed by atoms with Crippen LogP contribution in [0.1, 0.15) is 16.8 Å². The standard InChI is InChI=1S/C19H16FN5/c1-13-10-18(24-17-9-5-3-6-14(17)11-21)25-19(23-13)22-12-15-7-2-4-8-16(15)20/h2-10H,12H2,1H3,(H2,22,23,24,25). The van der Waals surface area contributed by atoms with E-state index in [1.165, 1.54) is 6.07 Å². The van der Waals surface area contributed by atoms with Crippen LogP contribution in [0.15, 0.2) is 54.6 Å². The van der Waals surface area contributed by atoms with Crippen LogP contribution in [0.5, 0.6) is 0 Å². The fourth-order valence-electron chi connectivity index (χ4n) is 2.36. The van der Waals surface area contributed by atoms with Gasteiger partial charge in [-0.05, 0) is 25.1 Å². The normalized spacial score (nSPS) is 10.1. The Morgan fingerprint density at radius 3 is 2.64 bits per heavy atom. The zero-order valence-electron chi connectivity index (χ0n) is 13.6. The van der Waals surface area contributed by atoms with Gasteiger partial charge in [0.1, 0.15) is 17.7 Å². The molecule has 0 aliphatic carbocycles. The molecule has 0 saturated carbocycles. The maximum absolute atomic E-state index is 13.7. The van der Waals surface area contributed by atoms with Crippen LogP contribution in [-0.2, 0) is 6.54 Å². The Bertz CT molecular complexity index is 933. The van der Waals surface area contributed by atoms with E-state index in [1.54, 1.807) is 36.4 Å². The first-order valence-electron chi connectivity index (χ1n) is 7.75. The van der Waals surface area contributed by atoms with Crippen molar-refractivity contribution in [1.82, 2.24) is 9.97 Å². The molecular formula is C19H16FN5. The summed E-state index contributed by atoms with van der Waals surface area (Å²) in [6, 6.07) is 17.7. The Kier molecular flexibility index (Phi) is 4.86. The molecule has 0 atom stereocenters. The molecule has 0 radical (unpaired) electrons. The van der Waals surface area contributed by atoms with Gasteiger partial charge in [-0.25, -0.2) is 9.37 Å². The van der Waals surface area contributed by atoms with Crippen LogP contribution < -0.4 is 10.6 Å². The summed E-state index contributed by atoms with van der Waals surface area (Å²) >= 11 is 0. The minimum Gasteiger partial charge on any atom is -0.350 e. The quantitative estimate of drug-likeness (QED) is 0.734. The van der Waals surface area contributed by atoms with Gasteiger partial charge in [-0.3, -0.25) is 0 Å². The van der Waals surface area contributed by atoms with Gasteiger partial charge in [-0.1, -0.05) is 30.3 Å². The van der Waals surface area contributed by atoms with Crippen molar-refractivity contribution in [2.45, 2.75) is 13.5 Å². The molecule has 1 aromatic heterocycles. The SMILES string of the molecule is Cc1cc(Nc2ccccc2C#N)nc(NCc2ccccc2F)n1. The number of rotatable bonds is 5. The van der Waals surface area contributed by atoms with Crippen molar-refractivity contribution in [2.24, 2.45) is 0 Å². The molecule has 2 aromatic carbocycles. The molecule has 3 rings (SSSR count). The molecule has 0 unspecified atom stereocenters. The van der Waals surface area contributed by atoms with Gasteiger partial charge in [-0.15, -0.1) is 0 Å². The third-order valence-corrected chi connectivity index (χ3v) is 3.56. The van der Waals surface area contributed by atoms with Crippen LogP contribution in [0.2, 0.25) is 0 Å². The Hall–Kier alpha value is -3.46. The lowest BCUT2D eigenvalue weighted by atomic mass is 10.2. The van der Waals surface area contributed by atoms with Gasteiger partial charge < -0.3 is 10.6 Å². The van der Waals surface area contributed by atoms with E-state index in [-0.39, 0.29) is 12.4 Å². The molecule has 3 aromatic rings. The molecule has 0 fully saturated rings. The second kappa shape index (κ2) is 7.41. The molecule has 0 bridgehead atoms. The van der Waals surface area contributed by atoms with Gasteiger partial charge >= 0.3 is 0 Å². The average Bonchev–Trinajstić information content (AvgIpc) is 2.61. The molecule has 0 aliphatic heterocycles. The highest BCUT2D eigenvalue weighted by atomic mass is 19.1. The molecule has 6 heteroatoms. The molecule has 0 amide bonds. The lowest BCUT2D eigenvalue weighted by molar-refractivity contribution is 0.612.